The molecule has 0 bridgehead atoms. The van der Waals surface area contributed by atoms with Crippen LogP contribution in [0.3, 0.4) is 0 Å². The summed E-state index contributed by atoms with van der Waals surface area (Å²) in [4.78, 5) is 4.58. The lowest BCUT2D eigenvalue weighted by atomic mass is 10.2. The van der Waals surface area contributed by atoms with Gasteiger partial charge >= 0.3 is 0 Å². The second-order valence-corrected chi connectivity index (χ2v) is 6.34. The summed E-state index contributed by atoms with van der Waals surface area (Å²) in [5, 5.41) is 2.29. The molecule has 106 valence electrons. The van der Waals surface area contributed by atoms with Crippen LogP contribution in [0.1, 0.15) is 5.56 Å². The second kappa shape index (κ2) is 6.34. The third-order valence-corrected chi connectivity index (χ3v) is 4.40. The molecule has 0 radical (unpaired) electrons. The van der Waals surface area contributed by atoms with E-state index in [1.54, 1.807) is 6.07 Å². The van der Waals surface area contributed by atoms with E-state index in [1.165, 1.54) is 0 Å². The third kappa shape index (κ3) is 3.23. The highest BCUT2D eigenvalue weighted by atomic mass is 79.9. The van der Waals surface area contributed by atoms with Crippen molar-refractivity contribution in [3.05, 3.63) is 63.6 Å². The van der Waals surface area contributed by atoms with Crippen molar-refractivity contribution in [1.82, 2.24) is 4.98 Å². The van der Waals surface area contributed by atoms with E-state index in [2.05, 4.69) is 42.9 Å². The zero-order chi connectivity index (χ0) is 14.8. The number of benzene rings is 2. The SMILES string of the molecule is Clc1cc(Br)ccc1Oc1nc2ccccc2cc1CBr. The number of hydrogen-bond acceptors (Lipinski definition) is 2. The zero-order valence-electron chi connectivity index (χ0n) is 10.8. The van der Waals surface area contributed by atoms with Crippen molar-refractivity contribution < 1.29 is 4.74 Å². The first-order valence-electron chi connectivity index (χ1n) is 6.25. The standard InChI is InChI=1S/C16H10Br2ClNO/c17-9-11-7-10-3-1-2-4-14(10)20-16(11)21-15-6-5-12(18)8-13(15)19/h1-8H,9H2. The van der Waals surface area contributed by atoms with Crippen molar-refractivity contribution in [2.24, 2.45) is 0 Å². The Balaban J connectivity index is 2.06. The molecule has 0 aliphatic rings. The summed E-state index contributed by atoms with van der Waals surface area (Å²) >= 11 is 13.1. The summed E-state index contributed by atoms with van der Waals surface area (Å²) in [6, 6.07) is 15.5. The maximum atomic E-state index is 6.20. The van der Waals surface area contributed by atoms with Crippen LogP contribution in [0.15, 0.2) is 53.0 Å². The van der Waals surface area contributed by atoms with Gasteiger partial charge in [0.05, 0.1) is 10.5 Å². The molecule has 0 saturated heterocycles. The smallest absolute Gasteiger partial charge is 0.223 e. The van der Waals surface area contributed by atoms with Crippen LogP contribution in [0.5, 0.6) is 11.6 Å². The normalized spacial score (nSPS) is 10.8. The highest BCUT2D eigenvalue weighted by Gasteiger charge is 2.10. The van der Waals surface area contributed by atoms with Crippen molar-refractivity contribution in [3.63, 3.8) is 0 Å². The number of pyridine rings is 1. The van der Waals surface area contributed by atoms with E-state index in [4.69, 9.17) is 16.3 Å². The van der Waals surface area contributed by atoms with E-state index in [-0.39, 0.29) is 0 Å². The molecule has 0 fully saturated rings. The summed E-state index contributed by atoms with van der Waals surface area (Å²) in [5.41, 5.74) is 1.87. The van der Waals surface area contributed by atoms with Gasteiger partial charge in [0, 0.05) is 20.8 Å². The van der Waals surface area contributed by atoms with Gasteiger partial charge in [-0.05, 0) is 30.3 Å². The van der Waals surface area contributed by atoms with Crippen molar-refractivity contribution in [2.75, 3.05) is 0 Å². The fourth-order valence-electron chi connectivity index (χ4n) is 1.99. The molecule has 0 saturated carbocycles. The summed E-state index contributed by atoms with van der Waals surface area (Å²) in [5.74, 6) is 1.15. The Morgan fingerprint density at radius 2 is 1.90 bits per heavy atom. The number of aromatic nitrogens is 1. The van der Waals surface area contributed by atoms with Crippen molar-refractivity contribution >= 4 is 54.4 Å². The van der Waals surface area contributed by atoms with Crippen LogP contribution in [0.4, 0.5) is 0 Å². The molecule has 21 heavy (non-hydrogen) atoms. The van der Waals surface area contributed by atoms with E-state index < -0.39 is 0 Å². The van der Waals surface area contributed by atoms with Crippen LogP contribution in [0.2, 0.25) is 5.02 Å². The van der Waals surface area contributed by atoms with Gasteiger partial charge in [0.2, 0.25) is 5.88 Å². The van der Waals surface area contributed by atoms with E-state index in [1.807, 2.05) is 36.4 Å². The zero-order valence-corrected chi connectivity index (χ0v) is 14.7. The number of rotatable bonds is 3. The van der Waals surface area contributed by atoms with Crippen LogP contribution in [-0.2, 0) is 5.33 Å². The predicted molar refractivity (Wildman–Crippen MR) is 93.6 cm³/mol. The molecule has 0 amide bonds. The average molecular weight is 428 g/mol. The summed E-state index contributed by atoms with van der Waals surface area (Å²) < 4.78 is 6.81. The Bertz CT molecular complexity index is 807. The molecule has 1 heterocycles. The van der Waals surface area contributed by atoms with Gasteiger partial charge in [-0.25, -0.2) is 4.98 Å². The number of ether oxygens (including phenoxy) is 1. The minimum atomic E-state index is 0.542. The molecule has 0 spiro atoms. The summed E-state index contributed by atoms with van der Waals surface area (Å²) in [6.45, 7) is 0. The Hall–Kier alpha value is -1.10. The monoisotopic (exact) mass is 425 g/mol. The predicted octanol–water partition coefficient (Wildman–Crippen LogP) is 6.34. The van der Waals surface area contributed by atoms with Gasteiger partial charge in [-0.3, -0.25) is 0 Å². The van der Waals surface area contributed by atoms with Crippen LogP contribution in [0, 0.1) is 0 Å². The Morgan fingerprint density at radius 3 is 2.67 bits per heavy atom. The Morgan fingerprint density at radius 1 is 1.10 bits per heavy atom. The minimum Gasteiger partial charge on any atom is -0.437 e. The van der Waals surface area contributed by atoms with Crippen LogP contribution in [0.25, 0.3) is 10.9 Å². The number of alkyl halides is 1. The molecule has 5 heteroatoms. The molecule has 3 rings (SSSR count). The highest BCUT2D eigenvalue weighted by molar-refractivity contribution is 9.10. The van der Waals surface area contributed by atoms with Gasteiger partial charge in [-0.2, -0.15) is 0 Å². The van der Waals surface area contributed by atoms with E-state index in [0.29, 0.717) is 22.0 Å². The lowest BCUT2D eigenvalue weighted by Crippen LogP contribution is -1.94. The van der Waals surface area contributed by atoms with Gasteiger partial charge in [0.1, 0.15) is 5.75 Å². The van der Waals surface area contributed by atoms with Crippen LogP contribution < -0.4 is 4.74 Å². The fourth-order valence-corrected chi connectivity index (χ4v) is 3.10. The van der Waals surface area contributed by atoms with Crippen molar-refractivity contribution in [3.8, 4) is 11.6 Å². The fraction of sp³-hybridized carbons (Fsp3) is 0.0625. The molecule has 3 aromatic rings. The summed E-state index contributed by atoms with van der Waals surface area (Å²) in [6.07, 6.45) is 0. The second-order valence-electron chi connectivity index (χ2n) is 4.46. The van der Waals surface area contributed by atoms with Crippen LogP contribution >= 0.6 is 43.5 Å². The summed E-state index contributed by atoms with van der Waals surface area (Å²) in [7, 11) is 0. The first kappa shape index (κ1) is 14.8. The van der Waals surface area contributed by atoms with Crippen LogP contribution in [-0.4, -0.2) is 4.98 Å². The number of para-hydroxylation sites is 1. The molecule has 0 atom stereocenters. The molecular formula is C16H10Br2ClNO. The Labute approximate surface area is 144 Å². The molecule has 2 nitrogen and oxygen atoms in total. The molecule has 2 aromatic carbocycles. The largest absolute Gasteiger partial charge is 0.437 e. The quantitative estimate of drug-likeness (QED) is 0.455. The van der Waals surface area contributed by atoms with Gasteiger partial charge in [0.15, 0.2) is 0 Å². The van der Waals surface area contributed by atoms with E-state index >= 15 is 0 Å². The lowest BCUT2D eigenvalue weighted by Gasteiger charge is -2.11. The molecule has 0 unspecified atom stereocenters. The first-order chi connectivity index (χ1) is 10.2. The van der Waals surface area contributed by atoms with Crippen molar-refractivity contribution in [1.29, 1.82) is 0 Å². The van der Waals surface area contributed by atoms with Gasteiger partial charge < -0.3 is 4.74 Å². The maximum Gasteiger partial charge on any atom is 0.223 e. The number of fused-ring (bicyclic) bond motifs is 1. The Kier molecular flexibility index (Phi) is 4.48. The third-order valence-electron chi connectivity index (χ3n) is 3.01. The average Bonchev–Trinajstić information content (AvgIpc) is 2.49. The first-order valence-corrected chi connectivity index (χ1v) is 8.54. The van der Waals surface area contributed by atoms with Gasteiger partial charge in [-0.1, -0.05) is 61.7 Å². The van der Waals surface area contributed by atoms with Crippen molar-refractivity contribution in [2.45, 2.75) is 5.33 Å². The minimum absolute atomic E-state index is 0.542. The maximum absolute atomic E-state index is 6.20. The molecule has 1 aromatic heterocycles. The number of nitrogens with zero attached hydrogens (tertiary/aromatic N) is 1. The molecule has 0 aliphatic heterocycles. The molecule has 0 N–H and O–H groups in total. The van der Waals surface area contributed by atoms with Gasteiger partial charge in [-0.15, -0.1) is 0 Å². The van der Waals surface area contributed by atoms with Gasteiger partial charge in [0.25, 0.3) is 0 Å². The topological polar surface area (TPSA) is 22.1 Å². The van der Waals surface area contributed by atoms with E-state index in [9.17, 15) is 0 Å². The molecular weight excluding hydrogens is 417 g/mol. The molecule has 0 aliphatic carbocycles. The number of halogens is 3. The highest BCUT2D eigenvalue weighted by Crippen LogP contribution is 2.34. The number of hydrogen-bond donors (Lipinski definition) is 0. The lowest BCUT2D eigenvalue weighted by molar-refractivity contribution is 0.461. The van der Waals surface area contributed by atoms with E-state index in [0.717, 1.165) is 20.9 Å².